The minimum atomic E-state index is 0.236. The minimum Gasteiger partial charge on any atom is -0.474 e. The van der Waals surface area contributed by atoms with Crippen LogP contribution in [-0.4, -0.2) is 23.1 Å². The summed E-state index contributed by atoms with van der Waals surface area (Å²) in [6.07, 6.45) is 4.22. The summed E-state index contributed by atoms with van der Waals surface area (Å²) >= 11 is 0. The Labute approximate surface area is 148 Å². The zero-order valence-corrected chi connectivity index (χ0v) is 14.6. The van der Waals surface area contributed by atoms with Crippen molar-refractivity contribution in [2.45, 2.75) is 19.9 Å². The normalized spacial score (nSPS) is 17.4. The van der Waals surface area contributed by atoms with E-state index in [4.69, 9.17) is 9.73 Å². The third-order valence-corrected chi connectivity index (χ3v) is 4.63. The molecule has 0 bridgehead atoms. The summed E-state index contributed by atoms with van der Waals surface area (Å²) in [4.78, 5) is 4.81. The second-order valence-corrected chi connectivity index (χ2v) is 6.74. The molecule has 0 N–H and O–H groups in total. The second kappa shape index (κ2) is 6.60. The van der Waals surface area contributed by atoms with Gasteiger partial charge >= 0.3 is 0 Å². The van der Waals surface area contributed by atoms with Gasteiger partial charge in [-0.15, -0.1) is 0 Å². The third kappa shape index (κ3) is 3.10. The predicted octanol–water partition coefficient (Wildman–Crippen LogP) is 5.07. The van der Waals surface area contributed by atoms with E-state index in [-0.39, 0.29) is 6.04 Å². The number of fused-ring (bicyclic) bond motifs is 1. The first kappa shape index (κ1) is 15.7. The number of aliphatic imine (C=N–C) groups is 1. The average Bonchev–Trinajstić information content (AvgIpc) is 3.26. The van der Waals surface area contributed by atoms with E-state index in [0.29, 0.717) is 12.5 Å². The molecular weight excluding hydrogens is 308 g/mol. The molecule has 0 saturated heterocycles. The smallest absolute Gasteiger partial charge is 0.234 e. The summed E-state index contributed by atoms with van der Waals surface area (Å²) in [5.41, 5.74) is 3.33. The van der Waals surface area contributed by atoms with Gasteiger partial charge in [-0.25, -0.2) is 4.99 Å². The van der Waals surface area contributed by atoms with E-state index >= 15 is 0 Å². The van der Waals surface area contributed by atoms with E-state index < -0.39 is 0 Å². The van der Waals surface area contributed by atoms with Crippen LogP contribution < -0.4 is 0 Å². The van der Waals surface area contributed by atoms with Crippen molar-refractivity contribution in [2.24, 2.45) is 10.9 Å². The van der Waals surface area contributed by atoms with Gasteiger partial charge in [0.1, 0.15) is 12.3 Å². The molecule has 0 radical (unpaired) electrons. The van der Waals surface area contributed by atoms with E-state index in [2.05, 4.69) is 73.2 Å². The Bertz CT molecular complexity index is 935. The van der Waals surface area contributed by atoms with Gasteiger partial charge in [0.15, 0.2) is 0 Å². The number of rotatable bonds is 4. The molecule has 3 heteroatoms. The van der Waals surface area contributed by atoms with Crippen molar-refractivity contribution in [3.05, 3.63) is 71.9 Å². The van der Waals surface area contributed by atoms with Crippen LogP contribution in [0.1, 0.15) is 25.1 Å². The van der Waals surface area contributed by atoms with E-state index in [9.17, 15) is 0 Å². The van der Waals surface area contributed by atoms with Crippen molar-refractivity contribution in [1.29, 1.82) is 0 Å². The Morgan fingerprint density at radius 2 is 1.84 bits per heavy atom. The molecule has 126 valence electrons. The third-order valence-electron chi connectivity index (χ3n) is 4.63. The fraction of sp³-hybridized carbons (Fsp3) is 0.227. The summed E-state index contributed by atoms with van der Waals surface area (Å²) in [6.45, 7) is 5.04. The van der Waals surface area contributed by atoms with E-state index in [0.717, 1.165) is 17.1 Å². The standard InChI is InChI=1S/C22H22N2O/c1-16(2)19-15-25-22(23-19)21-14-18-10-6-7-11-20(18)24(21)13-12-17-8-4-3-5-9-17/h3-14,16,19H,15H2,1-2H3/b13-12+/t19-/m1/s1. The Hall–Kier alpha value is -2.81. The van der Waals surface area contributed by atoms with Crippen molar-refractivity contribution in [3.8, 4) is 0 Å². The molecule has 1 aliphatic heterocycles. The molecule has 2 heterocycles. The first-order valence-electron chi connectivity index (χ1n) is 8.76. The second-order valence-electron chi connectivity index (χ2n) is 6.74. The van der Waals surface area contributed by atoms with Crippen LogP contribution >= 0.6 is 0 Å². The Morgan fingerprint density at radius 3 is 2.60 bits per heavy atom. The summed E-state index contributed by atoms with van der Waals surface area (Å²) in [5, 5.41) is 1.19. The number of nitrogens with zero attached hydrogens (tertiary/aromatic N) is 2. The maximum absolute atomic E-state index is 5.93. The zero-order chi connectivity index (χ0) is 17.2. The first-order valence-corrected chi connectivity index (χ1v) is 8.76. The van der Waals surface area contributed by atoms with Gasteiger partial charge in [0.2, 0.25) is 5.90 Å². The average molecular weight is 330 g/mol. The van der Waals surface area contributed by atoms with Crippen LogP contribution in [-0.2, 0) is 4.74 Å². The Morgan fingerprint density at radius 1 is 1.08 bits per heavy atom. The Balaban J connectivity index is 1.79. The molecule has 1 aliphatic rings. The number of ether oxygens (including phenoxy) is 1. The van der Waals surface area contributed by atoms with Crippen molar-refractivity contribution in [3.63, 3.8) is 0 Å². The predicted molar refractivity (Wildman–Crippen MR) is 105 cm³/mol. The molecular formula is C22H22N2O. The summed E-state index contributed by atoms with van der Waals surface area (Å²) in [6, 6.07) is 21.1. The van der Waals surface area contributed by atoms with Gasteiger partial charge in [-0.05, 0) is 29.7 Å². The lowest BCUT2D eigenvalue weighted by molar-refractivity contribution is 0.291. The number of benzene rings is 2. The van der Waals surface area contributed by atoms with Gasteiger partial charge in [0, 0.05) is 11.6 Å². The van der Waals surface area contributed by atoms with Crippen LogP contribution in [0.4, 0.5) is 0 Å². The lowest BCUT2D eigenvalue weighted by Crippen LogP contribution is -2.13. The summed E-state index contributed by atoms with van der Waals surface area (Å²) in [7, 11) is 0. The molecule has 4 rings (SSSR count). The van der Waals surface area contributed by atoms with Crippen LogP contribution in [0.25, 0.3) is 23.2 Å². The fourth-order valence-electron chi connectivity index (χ4n) is 3.10. The highest BCUT2D eigenvalue weighted by atomic mass is 16.5. The van der Waals surface area contributed by atoms with Gasteiger partial charge in [0.25, 0.3) is 0 Å². The Kier molecular flexibility index (Phi) is 4.14. The lowest BCUT2D eigenvalue weighted by Gasteiger charge is -2.06. The molecule has 0 aliphatic carbocycles. The van der Waals surface area contributed by atoms with Crippen LogP contribution in [0.3, 0.4) is 0 Å². The van der Waals surface area contributed by atoms with Gasteiger partial charge in [-0.3, -0.25) is 0 Å². The zero-order valence-electron chi connectivity index (χ0n) is 14.6. The highest BCUT2D eigenvalue weighted by molar-refractivity contribution is 6.01. The van der Waals surface area contributed by atoms with Gasteiger partial charge < -0.3 is 9.30 Å². The summed E-state index contributed by atoms with van der Waals surface area (Å²) in [5.74, 6) is 1.22. The van der Waals surface area contributed by atoms with E-state index in [1.165, 1.54) is 10.9 Å². The molecule has 1 atom stereocenters. The highest BCUT2D eigenvalue weighted by Crippen LogP contribution is 2.25. The molecule has 3 nitrogen and oxygen atoms in total. The van der Waals surface area contributed by atoms with E-state index in [1.807, 2.05) is 18.2 Å². The van der Waals surface area contributed by atoms with Crippen molar-refractivity contribution in [1.82, 2.24) is 4.57 Å². The quantitative estimate of drug-likeness (QED) is 0.656. The van der Waals surface area contributed by atoms with Crippen LogP contribution in [0.2, 0.25) is 0 Å². The molecule has 25 heavy (non-hydrogen) atoms. The molecule has 1 aromatic heterocycles. The molecule has 0 spiro atoms. The molecule has 0 amide bonds. The topological polar surface area (TPSA) is 26.5 Å². The number of hydrogen-bond donors (Lipinski definition) is 0. The minimum absolute atomic E-state index is 0.236. The molecule has 2 aromatic carbocycles. The lowest BCUT2D eigenvalue weighted by atomic mass is 10.1. The van der Waals surface area contributed by atoms with Crippen molar-refractivity contribution >= 4 is 29.1 Å². The van der Waals surface area contributed by atoms with Crippen LogP contribution in [0.15, 0.2) is 65.7 Å². The van der Waals surface area contributed by atoms with Gasteiger partial charge in [-0.1, -0.05) is 62.4 Å². The van der Waals surface area contributed by atoms with Gasteiger partial charge in [-0.2, -0.15) is 0 Å². The van der Waals surface area contributed by atoms with Crippen LogP contribution in [0.5, 0.6) is 0 Å². The van der Waals surface area contributed by atoms with Crippen molar-refractivity contribution < 1.29 is 4.74 Å². The van der Waals surface area contributed by atoms with Crippen LogP contribution in [0, 0.1) is 5.92 Å². The van der Waals surface area contributed by atoms with Crippen molar-refractivity contribution in [2.75, 3.05) is 6.61 Å². The SMILES string of the molecule is CC(C)[C@H]1COC(c2cc3ccccc3n2/C=C/c2ccccc2)=N1. The maximum Gasteiger partial charge on any atom is 0.234 e. The largest absolute Gasteiger partial charge is 0.474 e. The summed E-state index contributed by atoms with van der Waals surface area (Å²) < 4.78 is 8.10. The number of aromatic nitrogens is 1. The maximum atomic E-state index is 5.93. The molecule has 0 fully saturated rings. The fourth-order valence-corrected chi connectivity index (χ4v) is 3.10. The van der Waals surface area contributed by atoms with Gasteiger partial charge in [0.05, 0.1) is 11.6 Å². The first-order chi connectivity index (χ1) is 12.2. The monoisotopic (exact) mass is 330 g/mol. The number of para-hydroxylation sites is 1. The molecule has 3 aromatic rings. The molecule has 0 unspecified atom stereocenters. The highest BCUT2D eigenvalue weighted by Gasteiger charge is 2.25. The molecule has 0 saturated carbocycles. The number of hydrogen-bond acceptors (Lipinski definition) is 2. The van der Waals surface area contributed by atoms with E-state index in [1.54, 1.807) is 0 Å².